The molecular formula is C23H21N3O. The normalized spacial score (nSPS) is 10.7. The maximum Gasteiger partial charge on any atom is 0.255 e. The monoisotopic (exact) mass is 355 g/mol. The molecule has 0 spiro atoms. The highest BCUT2D eigenvalue weighted by Gasteiger charge is 2.05. The van der Waals surface area contributed by atoms with E-state index in [2.05, 4.69) is 40.0 Å². The molecule has 0 aliphatic carbocycles. The molecule has 4 nitrogen and oxygen atoms in total. The number of rotatable bonds is 6. The van der Waals surface area contributed by atoms with Gasteiger partial charge in [0.05, 0.1) is 0 Å². The lowest BCUT2D eigenvalue weighted by atomic mass is 10.1. The van der Waals surface area contributed by atoms with Gasteiger partial charge in [-0.25, -0.2) is 0 Å². The fraction of sp³-hybridized carbons (Fsp3) is 0.0870. The van der Waals surface area contributed by atoms with Crippen molar-refractivity contribution in [2.24, 2.45) is 0 Å². The van der Waals surface area contributed by atoms with Crippen molar-refractivity contribution in [3.63, 3.8) is 0 Å². The number of carbonyl (C=O) groups excluding carboxylic acids is 1. The average Bonchev–Trinajstić information content (AvgIpc) is 3.13. The minimum absolute atomic E-state index is 0.101. The highest BCUT2D eigenvalue weighted by Crippen LogP contribution is 2.19. The third kappa shape index (κ3) is 4.01. The topological polar surface area (TPSA) is 56.9 Å². The van der Waals surface area contributed by atoms with Gasteiger partial charge in [0.2, 0.25) is 0 Å². The SMILES string of the molecule is O=C(Nc1ccc(NCCc2c[nH]c3ccccc23)cc1)c1ccccc1. The van der Waals surface area contributed by atoms with Gasteiger partial charge in [-0.3, -0.25) is 4.79 Å². The van der Waals surface area contributed by atoms with Crippen molar-refractivity contribution in [3.8, 4) is 0 Å². The Bertz CT molecular complexity index is 1040. The van der Waals surface area contributed by atoms with Gasteiger partial charge in [0.1, 0.15) is 0 Å². The van der Waals surface area contributed by atoms with E-state index in [0.29, 0.717) is 5.56 Å². The fourth-order valence-electron chi connectivity index (χ4n) is 3.14. The zero-order valence-electron chi connectivity index (χ0n) is 14.9. The van der Waals surface area contributed by atoms with Crippen molar-refractivity contribution in [3.05, 3.63) is 96.2 Å². The Kier molecular flexibility index (Phi) is 4.88. The number of aromatic nitrogens is 1. The van der Waals surface area contributed by atoms with Crippen LogP contribution in [0.25, 0.3) is 10.9 Å². The molecule has 1 amide bonds. The molecule has 4 rings (SSSR count). The van der Waals surface area contributed by atoms with Gasteiger partial charge in [0, 0.05) is 40.6 Å². The summed E-state index contributed by atoms with van der Waals surface area (Å²) < 4.78 is 0. The van der Waals surface area contributed by atoms with E-state index in [9.17, 15) is 4.79 Å². The molecule has 4 aromatic rings. The molecule has 0 radical (unpaired) electrons. The number of aromatic amines is 1. The van der Waals surface area contributed by atoms with Gasteiger partial charge in [0.25, 0.3) is 5.91 Å². The molecule has 0 bridgehead atoms. The Hall–Kier alpha value is -3.53. The summed E-state index contributed by atoms with van der Waals surface area (Å²) in [6, 6.07) is 25.3. The second kappa shape index (κ2) is 7.79. The molecule has 0 fully saturated rings. The quantitative estimate of drug-likeness (QED) is 0.452. The maximum atomic E-state index is 12.2. The van der Waals surface area contributed by atoms with Crippen LogP contribution in [-0.2, 0) is 6.42 Å². The highest BCUT2D eigenvalue weighted by atomic mass is 16.1. The molecule has 0 unspecified atom stereocenters. The van der Waals surface area contributed by atoms with E-state index >= 15 is 0 Å². The molecule has 0 saturated carbocycles. The summed E-state index contributed by atoms with van der Waals surface area (Å²) in [5, 5.41) is 7.62. The molecule has 1 heterocycles. The van der Waals surface area contributed by atoms with Crippen LogP contribution in [0.3, 0.4) is 0 Å². The number of nitrogens with one attached hydrogen (secondary N) is 3. The van der Waals surface area contributed by atoms with Gasteiger partial charge in [0.15, 0.2) is 0 Å². The predicted octanol–water partition coefficient (Wildman–Crippen LogP) is 5.07. The Morgan fingerprint density at radius 3 is 2.33 bits per heavy atom. The van der Waals surface area contributed by atoms with Gasteiger partial charge in [-0.05, 0) is 54.4 Å². The van der Waals surface area contributed by atoms with Gasteiger partial charge >= 0.3 is 0 Å². The fourth-order valence-corrected chi connectivity index (χ4v) is 3.14. The molecular weight excluding hydrogens is 334 g/mol. The van der Waals surface area contributed by atoms with Gasteiger partial charge in [-0.1, -0.05) is 36.4 Å². The molecule has 0 atom stereocenters. The van der Waals surface area contributed by atoms with Crippen molar-refractivity contribution in [1.82, 2.24) is 4.98 Å². The van der Waals surface area contributed by atoms with Crippen LogP contribution in [0, 0.1) is 0 Å². The molecule has 3 aromatic carbocycles. The van der Waals surface area contributed by atoms with Crippen LogP contribution in [0.15, 0.2) is 85.1 Å². The van der Waals surface area contributed by atoms with Crippen LogP contribution in [-0.4, -0.2) is 17.4 Å². The standard InChI is InChI=1S/C23H21N3O/c27-23(17-6-2-1-3-7-17)26-20-12-10-19(11-13-20)24-15-14-18-16-25-22-9-5-4-8-21(18)22/h1-13,16,24-25H,14-15H2,(H,26,27). The Labute approximate surface area is 158 Å². The Morgan fingerprint density at radius 1 is 0.815 bits per heavy atom. The van der Waals surface area contributed by atoms with E-state index in [1.807, 2.05) is 48.5 Å². The summed E-state index contributed by atoms with van der Waals surface area (Å²) in [5.74, 6) is -0.101. The first-order chi connectivity index (χ1) is 13.3. The number of carbonyl (C=O) groups is 1. The van der Waals surface area contributed by atoms with E-state index in [1.54, 1.807) is 12.1 Å². The minimum atomic E-state index is -0.101. The molecule has 27 heavy (non-hydrogen) atoms. The van der Waals surface area contributed by atoms with Gasteiger partial charge in [-0.15, -0.1) is 0 Å². The first-order valence-electron chi connectivity index (χ1n) is 9.05. The number of para-hydroxylation sites is 1. The molecule has 1 aromatic heterocycles. The van der Waals surface area contributed by atoms with Gasteiger partial charge in [-0.2, -0.15) is 0 Å². The largest absolute Gasteiger partial charge is 0.385 e. The maximum absolute atomic E-state index is 12.2. The zero-order valence-corrected chi connectivity index (χ0v) is 14.9. The van der Waals surface area contributed by atoms with Crippen LogP contribution < -0.4 is 10.6 Å². The smallest absolute Gasteiger partial charge is 0.255 e. The van der Waals surface area contributed by atoms with Crippen LogP contribution in [0.4, 0.5) is 11.4 Å². The van der Waals surface area contributed by atoms with Crippen LogP contribution in [0.2, 0.25) is 0 Å². The minimum Gasteiger partial charge on any atom is -0.385 e. The van der Waals surface area contributed by atoms with E-state index < -0.39 is 0 Å². The summed E-state index contributed by atoms with van der Waals surface area (Å²) in [5.41, 5.74) is 4.95. The van der Waals surface area contributed by atoms with E-state index in [4.69, 9.17) is 0 Å². The van der Waals surface area contributed by atoms with Crippen LogP contribution in [0.1, 0.15) is 15.9 Å². The number of anilines is 2. The summed E-state index contributed by atoms with van der Waals surface area (Å²) in [6.45, 7) is 0.845. The first kappa shape index (κ1) is 16.9. The van der Waals surface area contributed by atoms with Crippen LogP contribution in [0.5, 0.6) is 0 Å². The second-order valence-corrected chi connectivity index (χ2v) is 6.43. The number of hydrogen-bond donors (Lipinski definition) is 3. The third-order valence-electron chi connectivity index (χ3n) is 4.58. The molecule has 0 aliphatic heterocycles. The number of hydrogen-bond acceptors (Lipinski definition) is 2. The van der Waals surface area contributed by atoms with E-state index in [1.165, 1.54) is 16.5 Å². The van der Waals surface area contributed by atoms with Crippen molar-refractivity contribution >= 4 is 28.2 Å². The van der Waals surface area contributed by atoms with Crippen molar-refractivity contribution in [1.29, 1.82) is 0 Å². The molecule has 134 valence electrons. The second-order valence-electron chi connectivity index (χ2n) is 6.43. The van der Waals surface area contributed by atoms with Crippen molar-refractivity contribution in [2.45, 2.75) is 6.42 Å². The van der Waals surface area contributed by atoms with Crippen molar-refractivity contribution in [2.75, 3.05) is 17.2 Å². The summed E-state index contributed by atoms with van der Waals surface area (Å²) >= 11 is 0. The molecule has 0 aliphatic rings. The molecule has 0 saturated heterocycles. The summed E-state index contributed by atoms with van der Waals surface area (Å²) in [4.78, 5) is 15.5. The average molecular weight is 355 g/mol. The Balaban J connectivity index is 1.32. The number of H-pyrrole nitrogens is 1. The van der Waals surface area contributed by atoms with Crippen molar-refractivity contribution < 1.29 is 4.79 Å². The number of amides is 1. The summed E-state index contributed by atoms with van der Waals surface area (Å²) in [7, 11) is 0. The third-order valence-corrected chi connectivity index (χ3v) is 4.58. The lowest BCUT2D eigenvalue weighted by Gasteiger charge is -2.09. The predicted molar refractivity (Wildman–Crippen MR) is 111 cm³/mol. The lowest BCUT2D eigenvalue weighted by molar-refractivity contribution is 0.102. The molecule has 3 N–H and O–H groups in total. The Morgan fingerprint density at radius 2 is 1.52 bits per heavy atom. The lowest BCUT2D eigenvalue weighted by Crippen LogP contribution is -2.11. The zero-order chi connectivity index (χ0) is 18.5. The number of benzene rings is 3. The van der Waals surface area contributed by atoms with Gasteiger partial charge < -0.3 is 15.6 Å². The number of fused-ring (bicyclic) bond motifs is 1. The summed E-state index contributed by atoms with van der Waals surface area (Å²) in [6.07, 6.45) is 3.02. The highest BCUT2D eigenvalue weighted by molar-refractivity contribution is 6.04. The van der Waals surface area contributed by atoms with Crippen LogP contribution >= 0.6 is 0 Å². The molecule has 4 heteroatoms. The first-order valence-corrected chi connectivity index (χ1v) is 9.05. The van der Waals surface area contributed by atoms with E-state index in [-0.39, 0.29) is 5.91 Å². The van der Waals surface area contributed by atoms with E-state index in [0.717, 1.165) is 24.3 Å².